The van der Waals surface area contributed by atoms with Crippen molar-refractivity contribution in [1.82, 2.24) is 31.9 Å². The SMILES string of the molecule is CC(C)C1CN(CCCCCC(=O)OCCCCCNC(=O)CCCC[C@H]2SC[C@@H]3NC(=O)N[C@@H]32)NN1. The molecule has 3 heterocycles. The predicted octanol–water partition coefficient (Wildman–Crippen LogP) is 2.45. The van der Waals surface area contributed by atoms with Gasteiger partial charge in [-0.2, -0.15) is 17.3 Å². The van der Waals surface area contributed by atoms with Crippen LogP contribution in [0.1, 0.15) is 84.5 Å². The van der Waals surface area contributed by atoms with E-state index in [0.717, 1.165) is 76.6 Å². The number of unbranched alkanes of at least 4 members (excludes halogenated alkanes) is 5. The molecule has 0 radical (unpaired) electrons. The molecule has 4 atom stereocenters. The minimum atomic E-state index is -0.104. The molecule has 0 spiro atoms. The summed E-state index contributed by atoms with van der Waals surface area (Å²) in [7, 11) is 0. The van der Waals surface area contributed by atoms with E-state index in [1.165, 1.54) is 0 Å². The van der Waals surface area contributed by atoms with Gasteiger partial charge >= 0.3 is 12.0 Å². The van der Waals surface area contributed by atoms with Crippen LogP contribution in [0.4, 0.5) is 4.79 Å². The number of carbonyl (C=O) groups excluding carboxylic acids is 3. The normalized spacial score (nSPS) is 25.2. The smallest absolute Gasteiger partial charge is 0.315 e. The average molecular weight is 541 g/mol. The highest BCUT2D eigenvalue weighted by Gasteiger charge is 2.42. The Hall–Kier alpha value is -1.56. The maximum atomic E-state index is 12.0. The molecule has 212 valence electrons. The number of nitrogens with one attached hydrogen (secondary N) is 5. The fourth-order valence-corrected chi connectivity index (χ4v) is 6.57. The number of esters is 1. The van der Waals surface area contributed by atoms with Crippen molar-refractivity contribution in [3.8, 4) is 0 Å². The highest BCUT2D eigenvalue weighted by atomic mass is 32.2. The van der Waals surface area contributed by atoms with Crippen LogP contribution in [0, 0.1) is 5.92 Å². The van der Waals surface area contributed by atoms with Crippen LogP contribution >= 0.6 is 11.8 Å². The minimum Gasteiger partial charge on any atom is -0.466 e. The van der Waals surface area contributed by atoms with E-state index < -0.39 is 0 Å². The van der Waals surface area contributed by atoms with Crippen molar-refractivity contribution in [3.05, 3.63) is 0 Å². The summed E-state index contributed by atoms with van der Waals surface area (Å²) < 4.78 is 5.34. The lowest BCUT2D eigenvalue weighted by atomic mass is 10.0. The Kier molecular flexibility index (Phi) is 13.3. The molecule has 0 bridgehead atoms. The Morgan fingerprint density at radius 3 is 2.68 bits per heavy atom. The van der Waals surface area contributed by atoms with Crippen molar-refractivity contribution in [2.75, 3.05) is 32.0 Å². The quantitative estimate of drug-likeness (QED) is 0.102. The number of thioether (sulfide) groups is 1. The number of rotatable bonds is 18. The molecule has 0 saturated carbocycles. The van der Waals surface area contributed by atoms with Crippen LogP contribution in [0.5, 0.6) is 0 Å². The van der Waals surface area contributed by atoms with Crippen molar-refractivity contribution in [1.29, 1.82) is 0 Å². The van der Waals surface area contributed by atoms with Crippen molar-refractivity contribution in [2.24, 2.45) is 5.92 Å². The number of hydrogen-bond donors (Lipinski definition) is 5. The lowest BCUT2D eigenvalue weighted by Crippen LogP contribution is -2.38. The molecule has 0 aromatic rings. The second-order valence-electron chi connectivity index (χ2n) is 10.9. The number of fused-ring (bicyclic) bond motifs is 1. The van der Waals surface area contributed by atoms with Crippen LogP contribution in [0.25, 0.3) is 0 Å². The largest absolute Gasteiger partial charge is 0.466 e. The fraction of sp³-hybridized carbons (Fsp3) is 0.885. The zero-order chi connectivity index (χ0) is 26.5. The van der Waals surface area contributed by atoms with Crippen LogP contribution in [-0.4, -0.2) is 78.3 Å². The maximum absolute atomic E-state index is 12.0. The fourth-order valence-electron chi connectivity index (χ4n) is 5.03. The second kappa shape index (κ2) is 16.4. The molecule has 0 aromatic carbocycles. The zero-order valence-electron chi connectivity index (χ0n) is 22.7. The molecule has 37 heavy (non-hydrogen) atoms. The van der Waals surface area contributed by atoms with Gasteiger partial charge in [0, 0.05) is 49.5 Å². The van der Waals surface area contributed by atoms with Crippen molar-refractivity contribution < 1.29 is 19.1 Å². The van der Waals surface area contributed by atoms with Gasteiger partial charge in [0.2, 0.25) is 5.91 Å². The molecular weight excluding hydrogens is 492 g/mol. The molecule has 3 aliphatic rings. The molecule has 3 rings (SSSR count). The van der Waals surface area contributed by atoms with Crippen LogP contribution in [0.3, 0.4) is 0 Å². The molecule has 3 amide bonds. The molecule has 0 aromatic heterocycles. The second-order valence-corrected chi connectivity index (χ2v) is 12.1. The summed E-state index contributed by atoms with van der Waals surface area (Å²) in [6.07, 6.45) is 9.58. The Morgan fingerprint density at radius 1 is 1.05 bits per heavy atom. The summed E-state index contributed by atoms with van der Waals surface area (Å²) in [5.41, 5.74) is 6.53. The van der Waals surface area contributed by atoms with Crippen molar-refractivity contribution in [3.63, 3.8) is 0 Å². The molecule has 10 nitrogen and oxygen atoms in total. The standard InChI is InChI=1S/C26H48N6O4S/c1-19(2)20-17-32(31-30-20)15-9-3-5-13-24(34)36-16-10-4-8-14-27-23(33)12-7-6-11-22-25-21(18-37-22)28-26(35)29-25/h19-22,25,30-31H,3-18H2,1-2H3,(H,27,33)(H2,28,29,35)/t20?,21-,22+,25-/m0/s1. The molecule has 11 heteroatoms. The number of amides is 3. The molecule has 1 unspecified atom stereocenters. The van der Waals surface area contributed by atoms with Gasteiger partial charge in [-0.15, -0.1) is 0 Å². The summed E-state index contributed by atoms with van der Waals surface area (Å²) in [6, 6.07) is 0.947. The summed E-state index contributed by atoms with van der Waals surface area (Å²) in [5.74, 6) is 1.59. The van der Waals surface area contributed by atoms with Gasteiger partial charge in [0.15, 0.2) is 0 Å². The number of carbonyl (C=O) groups is 3. The molecule has 5 N–H and O–H groups in total. The van der Waals surface area contributed by atoms with E-state index in [9.17, 15) is 14.4 Å². The highest BCUT2D eigenvalue weighted by Crippen LogP contribution is 2.33. The molecular formula is C26H48N6O4S. The summed E-state index contributed by atoms with van der Waals surface area (Å²) in [5, 5.41) is 11.6. The van der Waals surface area contributed by atoms with Gasteiger partial charge < -0.3 is 20.7 Å². The topological polar surface area (TPSA) is 124 Å². The van der Waals surface area contributed by atoms with Gasteiger partial charge in [-0.1, -0.05) is 26.7 Å². The van der Waals surface area contributed by atoms with E-state index in [1.54, 1.807) is 0 Å². The number of nitrogens with zero attached hydrogens (tertiary/aromatic N) is 1. The van der Waals surface area contributed by atoms with Gasteiger partial charge in [-0.3, -0.25) is 9.59 Å². The van der Waals surface area contributed by atoms with Gasteiger partial charge in [0.25, 0.3) is 0 Å². The third kappa shape index (κ3) is 11.0. The molecule has 3 fully saturated rings. The Morgan fingerprint density at radius 2 is 1.86 bits per heavy atom. The predicted molar refractivity (Wildman–Crippen MR) is 147 cm³/mol. The summed E-state index contributed by atoms with van der Waals surface area (Å²) >= 11 is 1.92. The van der Waals surface area contributed by atoms with E-state index in [2.05, 4.69) is 45.8 Å². The lowest BCUT2D eigenvalue weighted by molar-refractivity contribution is -0.143. The van der Waals surface area contributed by atoms with Crippen molar-refractivity contribution in [2.45, 2.75) is 108 Å². The van der Waals surface area contributed by atoms with E-state index >= 15 is 0 Å². The number of hydrogen-bond acceptors (Lipinski definition) is 8. The molecule has 3 aliphatic heterocycles. The molecule has 0 aliphatic carbocycles. The average Bonchev–Trinajstić information content (AvgIpc) is 3.57. The zero-order valence-corrected chi connectivity index (χ0v) is 23.5. The first-order valence-electron chi connectivity index (χ1n) is 14.3. The van der Waals surface area contributed by atoms with Crippen LogP contribution in [-0.2, 0) is 14.3 Å². The van der Waals surface area contributed by atoms with Gasteiger partial charge in [0.1, 0.15) is 0 Å². The Labute approximate surface area is 226 Å². The van der Waals surface area contributed by atoms with Crippen LogP contribution in [0.2, 0.25) is 0 Å². The van der Waals surface area contributed by atoms with Crippen LogP contribution < -0.4 is 26.9 Å². The third-order valence-electron chi connectivity index (χ3n) is 7.43. The third-order valence-corrected chi connectivity index (χ3v) is 8.93. The lowest BCUT2D eigenvalue weighted by Gasteiger charge is -2.16. The number of urea groups is 1. The Balaban J connectivity index is 1.05. The maximum Gasteiger partial charge on any atom is 0.315 e. The van der Waals surface area contributed by atoms with Gasteiger partial charge in [-0.25, -0.2) is 15.2 Å². The molecule has 3 saturated heterocycles. The number of ether oxygens (including phenoxy) is 1. The van der Waals surface area contributed by atoms with E-state index in [0.29, 0.717) is 43.2 Å². The monoisotopic (exact) mass is 540 g/mol. The Bertz CT molecular complexity index is 727. The number of hydrazine groups is 2. The first-order valence-corrected chi connectivity index (χ1v) is 15.3. The highest BCUT2D eigenvalue weighted by molar-refractivity contribution is 8.00. The van der Waals surface area contributed by atoms with Gasteiger partial charge in [-0.05, 0) is 50.9 Å². The van der Waals surface area contributed by atoms with E-state index in [-0.39, 0.29) is 30.0 Å². The summed E-state index contributed by atoms with van der Waals surface area (Å²) in [6.45, 7) is 7.58. The van der Waals surface area contributed by atoms with E-state index in [1.807, 2.05) is 11.8 Å². The summed E-state index contributed by atoms with van der Waals surface area (Å²) in [4.78, 5) is 35.4. The van der Waals surface area contributed by atoms with Crippen LogP contribution in [0.15, 0.2) is 0 Å². The first-order chi connectivity index (χ1) is 17.9. The van der Waals surface area contributed by atoms with Crippen molar-refractivity contribution >= 4 is 29.7 Å². The van der Waals surface area contributed by atoms with E-state index in [4.69, 9.17) is 4.74 Å². The minimum absolute atomic E-state index is 0.0484. The van der Waals surface area contributed by atoms with Gasteiger partial charge in [0.05, 0.1) is 18.7 Å². The first kappa shape index (κ1) is 30.0.